The molecule has 1 aliphatic rings. The van der Waals surface area contributed by atoms with Crippen LogP contribution < -0.4 is 4.90 Å². The molecule has 7 heteroatoms. The van der Waals surface area contributed by atoms with Crippen LogP contribution in [0.3, 0.4) is 0 Å². The fraction of sp³-hybridized carbons (Fsp3) is 0.0714. The number of hydrogen-bond donors (Lipinski definition) is 0. The Hall–Kier alpha value is -4.78. The molecular weight excluding hydrogens is 446 g/mol. The molecule has 0 saturated heterocycles. The number of ether oxygens (including phenoxy) is 2. The summed E-state index contributed by atoms with van der Waals surface area (Å²) in [7, 11) is 0. The van der Waals surface area contributed by atoms with Gasteiger partial charge in [0.1, 0.15) is 13.2 Å². The van der Waals surface area contributed by atoms with E-state index in [0.29, 0.717) is 11.3 Å². The predicted octanol–water partition coefficient (Wildman–Crippen LogP) is 4.84. The fourth-order valence-electron chi connectivity index (χ4n) is 3.64. The second-order valence-electron chi connectivity index (χ2n) is 7.60. The number of imide groups is 1. The monoisotopic (exact) mass is 467 g/mol. The highest BCUT2D eigenvalue weighted by Crippen LogP contribution is 2.31. The lowest BCUT2D eigenvalue weighted by atomic mass is 10.0. The second kappa shape index (κ2) is 10.0. The molecule has 0 bridgehead atoms. The SMILES string of the molecule is C=CCOC(=O)c1ccc(-c2ccc(N3C(=O)c4ccc(C(=O)OCC=C)cc4C3=O)cc2)cc1. The molecule has 3 aromatic rings. The van der Waals surface area contributed by atoms with Gasteiger partial charge in [0, 0.05) is 0 Å². The summed E-state index contributed by atoms with van der Waals surface area (Å²) in [5.74, 6) is -2.02. The Morgan fingerprint density at radius 3 is 1.74 bits per heavy atom. The van der Waals surface area contributed by atoms with Gasteiger partial charge in [-0.3, -0.25) is 9.59 Å². The van der Waals surface area contributed by atoms with Crippen LogP contribution in [-0.2, 0) is 9.47 Å². The van der Waals surface area contributed by atoms with Crippen LogP contribution in [0.5, 0.6) is 0 Å². The Kier molecular flexibility index (Phi) is 6.69. The molecule has 7 nitrogen and oxygen atoms in total. The van der Waals surface area contributed by atoms with E-state index in [1.165, 1.54) is 30.4 Å². The van der Waals surface area contributed by atoms with Crippen molar-refractivity contribution >= 4 is 29.4 Å². The molecule has 1 aliphatic heterocycles. The molecule has 174 valence electrons. The van der Waals surface area contributed by atoms with Crippen molar-refractivity contribution in [1.82, 2.24) is 0 Å². The summed E-state index contributed by atoms with van der Waals surface area (Å²) in [4.78, 5) is 51.1. The average molecular weight is 467 g/mol. The first-order valence-electron chi connectivity index (χ1n) is 10.7. The highest BCUT2D eigenvalue weighted by Gasteiger charge is 2.37. The quantitative estimate of drug-likeness (QED) is 0.268. The largest absolute Gasteiger partial charge is 0.458 e. The molecule has 1 heterocycles. The molecule has 2 amide bonds. The number of fused-ring (bicyclic) bond motifs is 1. The van der Waals surface area contributed by atoms with Crippen molar-refractivity contribution in [2.45, 2.75) is 0 Å². The third-order valence-electron chi connectivity index (χ3n) is 5.37. The van der Waals surface area contributed by atoms with Gasteiger partial charge in [0.2, 0.25) is 0 Å². The topological polar surface area (TPSA) is 90.0 Å². The molecule has 0 N–H and O–H groups in total. The third-order valence-corrected chi connectivity index (χ3v) is 5.37. The first-order chi connectivity index (χ1) is 16.9. The minimum Gasteiger partial charge on any atom is -0.458 e. The molecular formula is C28H21NO6. The molecule has 0 saturated carbocycles. The van der Waals surface area contributed by atoms with E-state index in [0.717, 1.165) is 16.0 Å². The number of rotatable bonds is 8. The Morgan fingerprint density at radius 2 is 1.17 bits per heavy atom. The van der Waals surface area contributed by atoms with E-state index < -0.39 is 23.8 Å². The lowest BCUT2D eigenvalue weighted by molar-refractivity contribution is 0.0540. The van der Waals surface area contributed by atoms with Crippen LogP contribution in [0.1, 0.15) is 41.4 Å². The summed E-state index contributed by atoms with van der Waals surface area (Å²) in [6.45, 7) is 7.19. The van der Waals surface area contributed by atoms with Crippen molar-refractivity contribution in [3.63, 3.8) is 0 Å². The zero-order chi connectivity index (χ0) is 24.9. The number of hydrogen-bond acceptors (Lipinski definition) is 6. The third kappa shape index (κ3) is 4.65. The van der Waals surface area contributed by atoms with E-state index in [4.69, 9.17) is 9.47 Å². The summed E-state index contributed by atoms with van der Waals surface area (Å²) in [6, 6.07) is 18.1. The normalized spacial score (nSPS) is 12.2. The van der Waals surface area contributed by atoms with Crippen molar-refractivity contribution in [1.29, 1.82) is 0 Å². The average Bonchev–Trinajstić information content (AvgIpc) is 3.15. The number of amides is 2. The van der Waals surface area contributed by atoms with E-state index in [1.54, 1.807) is 48.5 Å². The molecule has 35 heavy (non-hydrogen) atoms. The molecule has 0 aromatic heterocycles. The molecule has 0 aliphatic carbocycles. The van der Waals surface area contributed by atoms with Crippen LogP contribution in [0.15, 0.2) is 92.0 Å². The van der Waals surface area contributed by atoms with E-state index in [1.807, 2.05) is 0 Å². The molecule has 0 atom stereocenters. The van der Waals surface area contributed by atoms with Gasteiger partial charge in [0.05, 0.1) is 27.9 Å². The van der Waals surface area contributed by atoms with Crippen molar-refractivity contribution in [2.75, 3.05) is 18.1 Å². The van der Waals surface area contributed by atoms with E-state index in [9.17, 15) is 19.2 Å². The molecule has 0 radical (unpaired) electrons. The van der Waals surface area contributed by atoms with E-state index >= 15 is 0 Å². The number of esters is 2. The molecule has 0 spiro atoms. The Balaban J connectivity index is 1.53. The van der Waals surface area contributed by atoms with Gasteiger partial charge in [-0.05, 0) is 53.6 Å². The standard InChI is InChI=1S/C28H21NO6/c1-3-15-34-27(32)20-7-5-18(6-8-20)19-9-12-22(13-10-19)29-25(30)23-14-11-21(17-24(23)26(29)31)28(33)35-16-4-2/h3-14,17H,1-2,15-16H2. The first kappa shape index (κ1) is 23.4. The number of carbonyl (C=O) groups excluding carboxylic acids is 4. The smallest absolute Gasteiger partial charge is 0.338 e. The van der Waals surface area contributed by atoms with E-state index in [-0.39, 0.29) is 29.9 Å². The molecule has 4 rings (SSSR count). The van der Waals surface area contributed by atoms with Crippen molar-refractivity contribution in [2.24, 2.45) is 0 Å². The van der Waals surface area contributed by atoms with Gasteiger partial charge in [0.25, 0.3) is 11.8 Å². The van der Waals surface area contributed by atoms with Crippen LogP contribution in [0.2, 0.25) is 0 Å². The van der Waals surface area contributed by atoms with Gasteiger partial charge < -0.3 is 9.47 Å². The lowest BCUT2D eigenvalue weighted by Crippen LogP contribution is -2.29. The van der Waals surface area contributed by atoms with Crippen LogP contribution in [-0.4, -0.2) is 37.0 Å². The summed E-state index contributed by atoms with van der Waals surface area (Å²) in [5, 5.41) is 0. The number of benzene rings is 3. The van der Waals surface area contributed by atoms with Crippen molar-refractivity contribution < 1.29 is 28.7 Å². The van der Waals surface area contributed by atoms with Gasteiger partial charge >= 0.3 is 11.9 Å². The van der Waals surface area contributed by atoms with Gasteiger partial charge in [-0.25, -0.2) is 14.5 Å². The lowest BCUT2D eigenvalue weighted by Gasteiger charge is -2.14. The molecule has 3 aromatic carbocycles. The fourth-order valence-corrected chi connectivity index (χ4v) is 3.64. The maximum atomic E-state index is 13.0. The Labute approximate surface area is 201 Å². The number of nitrogens with zero attached hydrogens (tertiary/aromatic N) is 1. The number of anilines is 1. The Bertz CT molecular complexity index is 1340. The van der Waals surface area contributed by atoms with Crippen LogP contribution in [0.25, 0.3) is 11.1 Å². The maximum absolute atomic E-state index is 13.0. The van der Waals surface area contributed by atoms with Gasteiger partial charge in [-0.15, -0.1) is 0 Å². The summed E-state index contributed by atoms with van der Waals surface area (Å²) in [6.07, 6.45) is 2.94. The highest BCUT2D eigenvalue weighted by atomic mass is 16.5. The first-order valence-corrected chi connectivity index (χ1v) is 10.7. The van der Waals surface area contributed by atoms with Gasteiger partial charge in [-0.2, -0.15) is 0 Å². The van der Waals surface area contributed by atoms with Gasteiger partial charge in [0.15, 0.2) is 0 Å². The minimum atomic E-state index is -0.601. The summed E-state index contributed by atoms with van der Waals surface area (Å²) in [5.41, 5.74) is 3.06. The summed E-state index contributed by atoms with van der Waals surface area (Å²) < 4.78 is 10.0. The zero-order valence-electron chi connectivity index (χ0n) is 18.7. The van der Waals surface area contributed by atoms with Crippen LogP contribution in [0.4, 0.5) is 5.69 Å². The Morgan fingerprint density at radius 1 is 0.686 bits per heavy atom. The van der Waals surface area contributed by atoms with Crippen LogP contribution in [0, 0.1) is 0 Å². The second-order valence-corrected chi connectivity index (χ2v) is 7.60. The zero-order valence-corrected chi connectivity index (χ0v) is 18.7. The van der Waals surface area contributed by atoms with Crippen LogP contribution >= 0.6 is 0 Å². The van der Waals surface area contributed by atoms with Gasteiger partial charge in [-0.1, -0.05) is 49.6 Å². The highest BCUT2D eigenvalue weighted by molar-refractivity contribution is 6.34. The summed E-state index contributed by atoms with van der Waals surface area (Å²) >= 11 is 0. The predicted molar refractivity (Wildman–Crippen MR) is 130 cm³/mol. The van der Waals surface area contributed by atoms with Crippen molar-refractivity contribution in [3.05, 3.63) is 114 Å². The maximum Gasteiger partial charge on any atom is 0.338 e. The van der Waals surface area contributed by atoms with E-state index in [2.05, 4.69) is 13.2 Å². The molecule has 0 unspecified atom stereocenters. The molecule has 0 fully saturated rings. The minimum absolute atomic E-state index is 0.0450. The number of carbonyl (C=O) groups is 4. The van der Waals surface area contributed by atoms with Crippen molar-refractivity contribution in [3.8, 4) is 11.1 Å².